The Morgan fingerprint density at radius 1 is 1.10 bits per heavy atom. The van der Waals surface area contributed by atoms with Gasteiger partial charge in [0, 0.05) is 0 Å². The largest absolute Gasteiger partial charge is 0.480 e. The van der Waals surface area contributed by atoms with Crippen molar-refractivity contribution in [3.8, 4) is 0 Å². The van der Waals surface area contributed by atoms with E-state index >= 15 is 0 Å². The van der Waals surface area contributed by atoms with E-state index in [2.05, 4.69) is 12.2 Å². The molecule has 0 radical (unpaired) electrons. The van der Waals surface area contributed by atoms with Crippen LogP contribution in [-0.2, 0) is 9.59 Å². The number of carboxylic acid groups (broad SMARTS) is 1. The minimum atomic E-state index is -0.988. The van der Waals surface area contributed by atoms with E-state index in [0.29, 0.717) is 0 Å². The minimum absolute atomic E-state index is 0.122. The highest BCUT2D eigenvalue weighted by molar-refractivity contribution is 5.91. The lowest BCUT2D eigenvalue weighted by atomic mass is 10.0. The molecule has 0 aromatic carbocycles. The standard InChI is InChI=1S/C16H29NO3/c1-4-5-6-7-8-9-10-11-12-14(18)17-15(13(2)3)16(19)20/h11-13,15H,4-10H2,1-3H3,(H,17,18)(H,19,20)/t15-/m1/s1. The Kier molecular flexibility index (Phi) is 10.7. The van der Waals surface area contributed by atoms with Crippen molar-refractivity contribution in [1.29, 1.82) is 0 Å². The van der Waals surface area contributed by atoms with Crippen LogP contribution in [0.3, 0.4) is 0 Å². The van der Waals surface area contributed by atoms with Crippen molar-refractivity contribution in [1.82, 2.24) is 5.32 Å². The quantitative estimate of drug-likeness (QED) is 0.450. The van der Waals surface area contributed by atoms with Gasteiger partial charge in [0.25, 0.3) is 0 Å². The fourth-order valence-electron chi connectivity index (χ4n) is 1.95. The van der Waals surface area contributed by atoms with Gasteiger partial charge in [0.15, 0.2) is 0 Å². The molecule has 4 nitrogen and oxygen atoms in total. The van der Waals surface area contributed by atoms with E-state index in [1.54, 1.807) is 13.8 Å². The maximum atomic E-state index is 11.6. The molecule has 0 saturated carbocycles. The van der Waals surface area contributed by atoms with Gasteiger partial charge in [-0.3, -0.25) is 4.79 Å². The predicted octanol–water partition coefficient (Wildman–Crippen LogP) is 3.52. The molecule has 0 aliphatic heterocycles. The first-order chi connectivity index (χ1) is 9.49. The Morgan fingerprint density at radius 2 is 1.70 bits per heavy atom. The molecule has 4 heteroatoms. The van der Waals surface area contributed by atoms with Crippen LogP contribution in [0.4, 0.5) is 0 Å². The van der Waals surface area contributed by atoms with Crippen molar-refractivity contribution in [2.75, 3.05) is 0 Å². The van der Waals surface area contributed by atoms with Crippen molar-refractivity contribution in [3.05, 3.63) is 12.2 Å². The molecule has 0 bridgehead atoms. The fraction of sp³-hybridized carbons (Fsp3) is 0.750. The number of carbonyl (C=O) groups excluding carboxylic acids is 1. The predicted molar refractivity (Wildman–Crippen MR) is 81.5 cm³/mol. The third kappa shape index (κ3) is 9.59. The van der Waals surface area contributed by atoms with Gasteiger partial charge < -0.3 is 10.4 Å². The van der Waals surface area contributed by atoms with Crippen LogP contribution in [0.25, 0.3) is 0 Å². The number of nitrogens with one attached hydrogen (secondary N) is 1. The van der Waals surface area contributed by atoms with Crippen molar-refractivity contribution in [3.63, 3.8) is 0 Å². The molecule has 0 spiro atoms. The van der Waals surface area contributed by atoms with Gasteiger partial charge >= 0.3 is 5.97 Å². The molecule has 0 rings (SSSR count). The second-order valence-corrected chi connectivity index (χ2v) is 5.53. The van der Waals surface area contributed by atoms with Crippen LogP contribution in [0.2, 0.25) is 0 Å². The lowest BCUT2D eigenvalue weighted by Crippen LogP contribution is -2.43. The third-order valence-corrected chi connectivity index (χ3v) is 3.22. The van der Waals surface area contributed by atoms with Crippen LogP contribution >= 0.6 is 0 Å². The topological polar surface area (TPSA) is 66.4 Å². The molecular formula is C16H29NO3. The van der Waals surface area contributed by atoms with Crippen LogP contribution in [-0.4, -0.2) is 23.0 Å². The number of carbonyl (C=O) groups is 2. The van der Waals surface area contributed by atoms with E-state index in [1.165, 1.54) is 38.2 Å². The maximum Gasteiger partial charge on any atom is 0.326 e. The van der Waals surface area contributed by atoms with Crippen molar-refractivity contribution in [2.24, 2.45) is 5.92 Å². The van der Waals surface area contributed by atoms with E-state index in [-0.39, 0.29) is 11.8 Å². The number of allylic oxidation sites excluding steroid dienone is 1. The zero-order valence-electron chi connectivity index (χ0n) is 13.0. The number of amides is 1. The summed E-state index contributed by atoms with van der Waals surface area (Å²) in [6.45, 7) is 5.75. The highest BCUT2D eigenvalue weighted by Gasteiger charge is 2.22. The highest BCUT2D eigenvalue weighted by atomic mass is 16.4. The molecule has 2 N–H and O–H groups in total. The van der Waals surface area contributed by atoms with E-state index in [9.17, 15) is 9.59 Å². The van der Waals surface area contributed by atoms with Gasteiger partial charge in [0.05, 0.1) is 0 Å². The number of aliphatic carboxylic acids is 1. The first-order valence-corrected chi connectivity index (χ1v) is 7.68. The van der Waals surface area contributed by atoms with Crippen LogP contribution < -0.4 is 5.32 Å². The summed E-state index contributed by atoms with van der Waals surface area (Å²) < 4.78 is 0. The third-order valence-electron chi connectivity index (χ3n) is 3.22. The van der Waals surface area contributed by atoms with Crippen molar-refractivity contribution >= 4 is 11.9 Å². The molecular weight excluding hydrogens is 254 g/mol. The second kappa shape index (κ2) is 11.5. The summed E-state index contributed by atoms with van der Waals surface area (Å²) in [7, 11) is 0. The average molecular weight is 283 g/mol. The molecule has 0 aliphatic rings. The molecule has 0 aromatic heterocycles. The number of hydrogen-bond acceptors (Lipinski definition) is 2. The van der Waals surface area contributed by atoms with Crippen molar-refractivity contribution < 1.29 is 14.7 Å². The molecule has 0 heterocycles. The monoisotopic (exact) mass is 283 g/mol. The summed E-state index contributed by atoms with van der Waals surface area (Å²) in [5, 5.41) is 11.5. The summed E-state index contributed by atoms with van der Waals surface area (Å²) >= 11 is 0. The summed E-state index contributed by atoms with van der Waals surface area (Å²) in [5.41, 5.74) is 0. The lowest BCUT2D eigenvalue weighted by Gasteiger charge is -2.16. The minimum Gasteiger partial charge on any atom is -0.480 e. The van der Waals surface area contributed by atoms with Gasteiger partial charge in [-0.15, -0.1) is 0 Å². The Bertz CT molecular complexity index is 311. The Hall–Kier alpha value is -1.32. The number of hydrogen-bond donors (Lipinski definition) is 2. The van der Waals surface area contributed by atoms with E-state index < -0.39 is 12.0 Å². The molecule has 0 aromatic rings. The highest BCUT2D eigenvalue weighted by Crippen LogP contribution is 2.07. The van der Waals surface area contributed by atoms with Gasteiger partial charge in [-0.05, 0) is 24.8 Å². The molecule has 1 amide bonds. The lowest BCUT2D eigenvalue weighted by molar-refractivity contribution is -0.142. The van der Waals surface area contributed by atoms with Gasteiger partial charge in [0.2, 0.25) is 5.91 Å². The molecule has 0 saturated heterocycles. The Labute approximate surface area is 122 Å². The first kappa shape index (κ1) is 18.7. The molecule has 20 heavy (non-hydrogen) atoms. The normalized spacial score (nSPS) is 12.8. The molecule has 0 unspecified atom stereocenters. The van der Waals surface area contributed by atoms with Gasteiger partial charge in [-0.25, -0.2) is 4.79 Å². The van der Waals surface area contributed by atoms with E-state index in [4.69, 9.17) is 5.11 Å². The molecule has 1 atom stereocenters. The summed E-state index contributed by atoms with van der Waals surface area (Å²) in [6.07, 6.45) is 11.5. The SMILES string of the molecule is CCCCCCCCC=CC(=O)N[C@@H](C(=O)O)C(C)C. The smallest absolute Gasteiger partial charge is 0.326 e. The Balaban J connectivity index is 3.79. The van der Waals surface area contributed by atoms with Crippen molar-refractivity contribution in [2.45, 2.75) is 71.8 Å². The molecule has 116 valence electrons. The molecule has 0 aliphatic carbocycles. The van der Waals surface area contributed by atoms with Crippen LogP contribution in [0.15, 0.2) is 12.2 Å². The summed E-state index contributed by atoms with van der Waals surface area (Å²) in [6, 6.07) is -0.818. The number of unbranched alkanes of at least 4 members (excludes halogenated alkanes) is 6. The van der Waals surface area contributed by atoms with Crippen LogP contribution in [0.1, 0.15) is 65.7 Å². The van der Waals surface area contributed by atoms with Crippen LogP contribution in [0, 0.1) is 5.92 Å². The van der Waals surface area contributed by atoms with E-state index in [1.807, 2.05) is 6.08 Å². The van der Waals surface area contributed by atoms with Gasteiger partial charge in [0.1, 0.15) is 6.04 Å². The zero-order valence-corrected chi connectivity index (χ0v) is 13.0. The van der Waals surface area contributed by atoms with Crippen LogP contribution in [0.5, 0.6) is 0 Å². The number of carboxylic acids is 1. The van der Waals surface area contributed by atoms with Gasteiger partial charge in [-0.2, -0.15) is 0 Å². The van der Waals surface area contributed by atoms with Gasteiger partial charge in [-0.1, -0.05) is 59.0 Å². The Morgan fingerprint density at radius 3 is 2.25 bits per heavy atom. The summed E-state index contributed by atoms with van der Waals surface area (Å²) in [5.74, 6) is -1.43. The van der Waals surface area contributed by atoms with E-state index in [0.717, 1.165) is 12.8 Å². The zero-order chi connectivity index (χ0) is 15.4. The number of rotatable bonds is 11. The molecule has 0 fully saturated rings. The summed E-state index contributed by atoms with van der Waals surface area (Å²) in [4.78, 5) is 22.5. The maximum absolute atomic E-state index is 11.6. The second-order valence-electron chi connectivity index (χ2n) is 5.53. The average Bonchev–Trinajstić information content (AvgIpc) is 2.38. The first-order valence-electron chi connectivity index (χ1n) is 7.68. The fourth-order valence-corrected chi connectivity index (χ4v) is 1.95.